The van der Waals surface area contributed by atoms with Crippen molar-refractivity contribution < 1.29 is 22.4 Å². The Morgan fingerprint density at radius 2 is 1.81 bits per heavy atom. The Morgan fingerprint density at radius 1 is 1.15 bits per heavy atom. The molecule has 0 atom stereocenters. The zero-order chi connectivity index (χ0) is 19.8. The van der Waals surface area contributed by atoms with Crippen molar-refractivity contribution in [1.82, 2.24) is 4.98 Å². The number of carbonyl (C=O) groups is 1. The normalized spacial score (nSPS) is 16.3. The Balaban J connectivity index is 1.81. The summed E-state index contributed by atoms with van der Waals surface area (Å²) >= 11 is 0. The van der Waals surface area contributed by atoms with Crippen LogP contribution < -0.4 is 16.0 Å². The molecule has 3 N–H and O–H groups in total. The van der Waals surface area contributed by atoms with E-state index >= 15 is 0 Å². The maximum absolute atomic E-state index is 13.9. The largest absolute Gasteiger partial charge is 0.396 e. The van der Waals surface area contributed by atoms with Gasteiger partial charge >= 0.3 is 0 Å². The van der Waals surface area contributed by atoms with Crippen molar-refractivity contribution in [3.8, 4) is 0 Å². The fraction of sp³-hybridized carbons (Fsp3) is 0.333. The van der Waals surface area contributed by atoms with Crippen LogP contribution in [0.4, 0.5) is 34.8 Å². The fourth-order valence-corrected chi connectivity index (χ4v) is 2.88. The van der Waals surface area contributed by atoms with Gasteiger partial charge in [-0.05, 0) is 19.1 Å². The Kier molecular flexibility index (Phi) is 4.95. The number of rotatable bonds is 3. The van der Waals surface area contributed by atoms with Gasteiger partial charge in [0.15, 0.2) is 0 Å². The second-order valence-electron chi connectivity index (χ2n) is 6.51. The number of anilines is 3. The summed E-state index contributed by atoms with van der Waals surface area (Å²) in [5.41, 5.74) is 5.23. The molecule has 1 fully saturated rings. The number of amides is 1. The average molecular weight is 382 g/mol. The molecule has 1 aliphatic rings. The van der Waals surface area contributed by atoms with Crippen LogP contribution in [-0.2, 0) is 0 Å². The molecular weight excluding hydrogens is 364 g/mol. The monoisotopic (exact) mass is 382 g/mol. The highest BCUT2D eigenvalue weighted by Crippen LogP contribution is 2.31. The molecule has 2 heterocycles. The van der Waals surface area contributed by atoms with Gasteiger partial charge in [-0.1, -0.05) is 0 Å². The molecule has 0 unspecified atom stereocenters. The van der Waals surface area contributed by atoms with Gasteiger partial charge in [0.05, 0.1) is 11.3 Å². The summed E-state index contributed by atoms with van der Waals surface area (Å²) in [4.78, 5) is 18.3. The molecule has 9 heteroatoms. The third-order valence-corrected chi connectivity index (χ3v) is 4.35. The topological polar surface area (TPSA) is 71.2 Å². The molecule has 27 heavy (non-hydrogen) atoms. The van der Waals surface area contributed by atoms with Crippen LogP contribution in [0.5, 0.6) is 0 Å². The molecule has 2 aromatic rings. The lowest BCUT2D eigenvalue weighted by molar-refractivity contribution is -0.0221. The third kappa shape index (κ3) is 4.29. The van der Waals surface area contributed by atoms with E-state index in [1.54, 1.807) is 17.9 Å². The van der Waals surface area contributed by atoms with Crippen LogP contribution in [0.2, 0.25) is 0 Å². The standard InChI is InChI=1S/C18H18F4N4O/c1-10-6-11(7-16(24-10)26-4-2-18(21,22)3-5-26)25-17(27)12-8-14(20)15(23)9-13(12)19/h6-9H,2-5,23H2,1H3,(H,24,25,27). The smallest absolute Gasteiger partial charge is 0.258 e. The highest BCUT2D eigenvalue weighted by molar-refractivity contribution is 6.04. The molecule has 0 spiro atoms. The number of nitrogens with two attached hydrogens (primary N) is 1. The van der Waals surface area contributed by atoms with Crippen LogP contribution in [0.3, 0.4) is 0 Å². The van der Waals surface area contributed by atoms with Crippen molar-refractivity contribution in [3.05, 3.63) is 47.2 Å². The van der Waals surface area contributed by atoms with Crippen molar-refractivity contribution in [3.63, 3.8) is 0 Å². The van der Waals surface area contributed by atoms with Crippen LogP contribution in [0, 0.1) is 18.6 Å². The quantitative estimate of drug-likeness (QED) is 0.627. The number of carbonyl (C=O) groups excluding carboxylic acids is 1. The maximum atomic E-state index is 13.9. The molecule has 3 rings (SSSR count). The molecular formula is C18H18F4N4O. The summed E-state index contributed by atoms with van der Waals surface area (Å²) in [5.74, 6) is -4.95. The van der Waals surface area contributed by atoms with E-state index in [0.29, 0.717) is 17.2 Å². The minimum absolute atomic E-state index is 0.134. The van der Waals surface area contributed by atoms with Gasteiger partial charge < -0.3 is 16.0 Å². The third-order valence-electron chi connectivity index (χ3n) is 4.35. The first-order valence-electron chi connectivity index (χ1n) is 8.32. The molecule has 0 bridgehead atoms. The number of aromatic nitrogens is 1. The van der Waals surface area contributed by atoms with Gasteiger partial charge in [0, 0.05) is 49.4 Å². The summed E-state index contributed by atoms with van der Waals surface area (Å²) < 4.78 is 54.1. The van der Waals surface area contributed by atoms with Crippen LogP contribution in [0.25, 0.3) is 0 Å². The molecule has 0 radical (unpaired) electrons. The Labute approximate surface area is 153 Å². The highest BCUT2D eigenvalue weighted by Gasteiger charge is 2.34. The molecule has 1 aliphatic heterocycles. The molecule has 1 amide bonds. The van der Waals surface area contributed by atoms with Gasteiger partial charge in [0.2, 0.25) is 0 Å². The van der Waals surface area contributed by atoms with E-state index in [4.69, 9.17) is 5.73 Å². The number of nitrogens with zero attached hydrogens (tertiary/aromatic N) is 2. The molecule has 1 aromatic heterocycles. The van der Waals surface area contributed by atoms with Crippen molar-refractivity contribution in [2.45, 2.75) is 25.7 Å². The number of aryl methyl sites for hydroxylation is 1. The summed E-state index contributed by atoms with van der Waals surface area (Å²) in [6.45, 7) is 1.95. The lowest BCUT2D eigenvalue weighted by Crippen LogP contribution is -2.39. The van der Waals surface area contributed by atoms with E-state index in [9.17, 15) is 22.4 Å². The number of alkyl halides is 2. The number of nitrogen functional groups attached to an aromatic ring is 1. The minimum atomic E-state index is -2.69. The molecule has 1 saturated heterocycles. The van der Waals surface area contributed by atoms with Gasteiger partial charge in [-0.25, -0.2) is 22.5 Å². The number of hydrogen-bond acceptors (Lipinski definition) is 4. The number of piperidine rings is 1. The van der Waals surface area contributed by atoms with Gasteiger partial charge in [-0.15, -0.1) is 0 Å². The zero-order valence-corrected chi connectivity index (χ0v) is 14.5. The maximum Gasteiger partial charge on any atom is 0.258 e. The lowest BCUT2D eigenvalue weighted by Gasteiger charge is -2.32. The van der Waals surface area contributed by atoms with Gasteiger partial charge in [-0.3, -0.25) is 4.79 Å². The van der Waals surface area contributed by atoms with Gasteiger partial charge in [0.1, 0.15) is 17.5 Å². The van der Waals surface area contributed by atoms with Crippen molar-refractivity contribution in [2.24, 2.45) is 0 Å². The second-order valence-corrected chi connectivity index (χ2v) is 6.51. The van der Waals surface area contributed by atoms with Crippen LogP contribution in [0.15, 0.2) is 24.3 Å². The highest BCUT2D eigenvalue weighted by atomic mass is 19.3. The van der Waals surface area contributed by atoms with E-state index in [1.165, 1.54) is 6.07 Å². The van der Waals surface area contributed by atoms with E-state index in [0.717, 1.165) is 12.1 Å². The van der Waals surface area contributed by atoms with Crippen molar-refractivity contribution in [1.29, 1.82) is 0 Å². The molecule has 1 aromatic carbocycles. The average Bonchev–Trinajstić information content (AvgIpc) is 2.57. The minimum Gasteiger partial charge on any atom is -0.396 e. The summed E-state index contributed by atoms with van der Waals surface area (Å²) in [6, 6.07) is 4.52. The van der Waals surface area contributed by atoms with E-state index in [1.807, 2.05) is 0 Å². The summed E-state index contributed by atoms with van der Waals surface area (Å²) in [7, 11) is 0. The Morgan fingerprint density at radius 3 is 2.48 bits per heavy atom. The first kappa shape index (κ1) is 18.9. The van der Waals surface area contributed by atoms with Crippen molar-refractivity contribution >= 4 is 23.1 Å². The number of pyridine rings is 1. The van der Waals surface area contributed by atoms with Crippen LogP contribution in [-0.4, -0.2) is 29.9 Å². The van der Waals surface area contributed by atoms with E-state index in [2.05, 4.69) is 10.3 Å². The lowest BCUT2D eigenvalue weighted by atomic mass is 10.1. The SMILES string of the molecule is Cc1cc(NC(=O)c2cc(F)c(N)cc2F)cc(N2CCC(F)(F)CC2)n1. The second kappa shape index (κ2) is 7.05. The van der Waals surface area contributed by atoms with Crippen LogP contribution in [0.1, 0.15) is 28.9 Å². The molecule has 0 aliphatic carbocycles. The first-order valence-corrected chi connectivity index (χ1v) is 8.32. The predicted octanol–water partition coefficient (Wildman–Crippen LogP) is 3.74. The number of hydrogen-bond donors (Lipinski definition) is 2. The zero-order valence-electron chi connectivity index (χ0n) is 14.5. The predicted molar refractivity (Wildman–Crippen MR) is 94.1 cm³/mol. The number of nitrogens with one attached hydrogen (secondary N) is 1. The number of halogens is 4. The summed E-state index contributed by atoms with van der Waals surface area (Å²) in [5, 5.41) is 2.48. The fourth-order valence-electron chi connectivity index (χ4n) is 2.88. The van der Waals surface area contributed by atoms with E-state index in [-0.39, 0.29) is 25.9 Å². The summed E-state index contributed by atoms with van der Waals surface area (Å²) in [6.07, 6.45) is -0.555. The van der Waals surface area contributed by atoms with Gasteiger partial charge in [-0.2, -0.15) is 0 Å². The number of benzene rings is 1. The van der Waals surface area contributed by atoms with Crippen molar-refractivity contribution in [2.75, 3.05) is 29.0 Å². The Hall–Kier alpha value is -2.84. The van der Waals surface area contributed by atoms with Crippen LogP contribution >= 0.6 is 0 Å². The Bertz CT molecular complexity index is 878. The molecule has 5 nitrogen and oxygen atoms in total. The molecule has 0 saturated carbocycles. The van der Waals surface area contributed by atoms with Gasteiger partial charge in [0.25, 0.3) is 11.8 Å². The molecule has 144 valence electrons. The van der Waals surface area contributed by atoms with E-state index < -0.39 is 34.7 Å². The first-order chi connectivity index (χ1) is 12.6.